The molecule has 7 nitrogen and oxygen atoms in total. The average molecular weight is 434 g/mol. The molecule has 0 saturated carbocycles. The monoisotopic (exact) mass is 433 g/mol. The van der Waals surface area contributed by atoms with Crippen molar-refractivity contribution in [3.63, 3.8) is 0 Å². The Kier molecular flexibility index (Phi) is 5.38. The standard InChI is InChI=1S/C23H23N5O2S/c1-27-19-12-6-5-11-18(19)24-22(27)16-8-7-13-28(14-16)23(29)21-20(31-26-25-21)15-30-17-9-3-2-4-10-17/h2-6,9-12,16H,7-8,13-15H2,1H3. The van der Waals surface area contributed by atoms with Gasteiger partial charge in [-0.2, -0.15) is 0 Å². The Balaban J connectivity index is 1.32. The SMILES string of the molecule is Cn1c(C2CCCN(C(=O)c3nnsc3COc3ccccc3)C2)nc2ccccc21. The number of amides is 1. The summed E-state index contributed by atoms with van der Waals surface area (Å²) >= 11 is 1.21. The molecular formula is C23H23N5O2S. The van der Waals surface area contributed by atoms with Crippen LogP contribution in [-0.2, 0) is 13.7 Å². The zero-order valence-electron chi connectivity index (χ0n) is 17.3. The van der Waals surface area contributed by atoms with Gasteiger partial charge in [0.05, 0.1) is 15.9 Å². The molecule has 2 aromatic carbocycles. The number of carbonyl (C=O) groups is 1. The van der Waals surface area contributed by atoms with E-state index in [0.717, 1.165) is 46.9 Å². The van der Waals surface area contributed by atoms with Crippen LogP contribution in [0.4, 0.5) is 0 Å². The maximum absolute atomic E-state index is 13.3. The molecule has 1 atom stereocenters. The fraction of sp³-hybridized carbons (Fsp3) is 0.304. The Bertz CT molecular complexity index is 1200. The third-order valence-electron chi connectivity index (χ3n) is 5.77. The van der Waals surface area contributed by atoms with Gasteiger partial charge < -0.3 is 14.2 Å². The van der Waals surface area contributed by atoms with Crippen LogP contribution >= 0.6 is 11.5 Å². The summed E-state index contributed by atoms with van der Waals surface area (Å²) in [6.07, 6.45) is 1.95. The number of carbonyl (C=O) groups excluding carboxylic acids is 1. The minimum absolute atomic E-state index is 0.0797. The molecule has 5 rings (SSSR count). The Hall–Kier alpha value is -3.26. The fourth-order valence-corrected chi connectivity index (χ4v) is 4.73. The molecule has 1 amide bonds. The van der Waals surface area contributed by atoms with Crippen molar-refractivity contribution in [1.82, 2.24) is 24.0 Å². The fourth-order valence-electron chi connectivity index (χ4n) is 4.18. The predicted molar refractivity (Wildman–Crippen MR) is 119 cm³/mol. The number of nitrogens with zero attached hydrogens (tertiary/aromatic N) is 5. The molecule has 0 bridgehead atoms. The van der Waals surface area contributed by atoms with Crippen LogP contribution in [0.1, 0.15) is 39.9 Å². The van der Waals surface area contributed by atoms with Crippen LogP contribution in [0.25, 0.3) is 11.0 Å². The molecule has 2 aromatic heterocycles. The summed E-state index contributed by atoms with van der Waals surface area (Å²) in [6, 6.07) is 17.7. The van der Waals surface area contributed by atoms with Crippen molar-refractivity contribution in [1.29, 1.82) is 0 Å². The van der Waals surface area contributed by atoms with Crippen molar-refractivity contribution in [2.45, 2.75) is 25.4 Å². The van der Waals surface area contributed by atoms with E-state index in [1.165, 1.54) is 11.5 Å². The van der Waals surface area contributed by atoms with E-state index in [1.807, 2.05) is 53.4 Å². The normalized spacial score (nSPS) is 16.5. The third-order valence-corrected chi connectivity index (χ3v) is 6.46. The van der Waals surface area contributed by atoms with Gasteiger partial charge in [-0.3, -0.25) is 4.79 Å². The van der Waals surface area contributed by atoms with Crippen LogP contribution in [0.2, 0.25) is 0 Å². The molecule has 1 fully saturated rings. The first kappa shape index (κ1) is 19.7. The third kappa shape index (κ3) is 3.90. The minimum atomic E-state index is -0.0797. The number of aromatic nitrogens is 4. The highest BCUT2D eigenvalue weighted by atomic mass is 32.1. The van der Waals surface area contributed by atoms with Crippen molar-refractivity contribution in [3.8, 4) is 5.75 Å². The summed E-state index contributed by atoms with van der Waals surface area (Å²) in [5.41, 5.74) is 2.50. The summed E-state index contributed by atoms with van der Waals surface area (Å²) in [4.78, 5) is 20.8. The Labute approximate surface area is 184 Å². The van der Waals surface area contributed by atoms with E-state index in [9.17, 15) is 4.79 Å². The molecule has 1 unspecified atom stereocenters. The van der Waals surface area contributed by atoms with Crippen molar-refractivity contribution in [2.75, 3.05) is 13.1 Å². The highest BCUT2D eigenvalue weighted by Crippen LogP contribution is 2.29. The molecule has 158 valence electrons. The number of fused-ring (bicyclic) bond motifs is 1. The summed E-state index contributed by atoms with van der Waals surface area (Å²) in [6.45, 7) is 1.63. The first-order valence-corrected chi connectivity index (χ1v) is 11.2. The van der Waals surface area contributed by atoms with Gasteiger partial charge in [-0.05, 0) is 48.6 Å². The smallest absolute Gasteiger partial charge is 0.275 e. The van der Waals surface area contributed by atoms with E-state index in [1.54, 1.807) is 0 Å². The lowest BCUT2D eigenvalue weighted by atomic mass is 9.97. The first-order chi connectivity index (χ1) is 15.2. The van der Waals surface area contributed by atoms with Crippen LogP contribution in [0.3, 0.4) is 0 Å². The number of hydrogen-bond acceptors (Lipinski definition) is 6. The predicted octanol–water partition coefficient (Wildman–Crippen LogP) is 4.02. The van der Waals surface area contributed by atoms with Crippen LogP contribution < -0.4 is 4.74 Å². The van der Waals surface area contributed by atoms with Gasteiger partial charge in [-0.25, -0.2) is 4.98 Å². The van der Waals surface area contributed by atoms with Crippen molar-refractivity contribution >= 4 is 28.5 Å². The molecule has 0 spiro atoms. The highest BCUT2D eigenvalue weighted by molar-refractivity contribution is 7.05. The number of benzene rings is 2. The number of para-hydroxylation sites is 3. The average Bonchev–Trinajstić information content (AvgIpc) is 3.43. The summed E-state index contributed by atoms with van der Waals surface area (Å²) in [5.74, 6) is 1.91. The lowest BCUT2D eigenvalue weighted by Gasteiger charge is -2.32. The van der Waals surface area contributed by atoms with Crippen LogP contribution in [0.5, 0.6) is 5.75 Å². The first-order valence-electron chi connectivity index (χ1n) is 10.4. The van der Waals surface area contributed by atoms with Gasteiger partial charge >= 0.3 is 0 Å². The minimum Gasteiger partial charge on any atom is -0.488 e. The number of ether oxygens (including phenoxy) is 1. The maximum Gasteiger partial charge on any atom is 0.275 e. The zero-order valence-corrected chi connectivity index (χ0v) is 18.1. The number of piperidine rings is 1. The van der Waals surface area contributed by atoms with Crippen molar-refractivity contribution < 1.29 is 9.53 Å². The number of hydrogen-bond donors (Lipinski definition) is 0. The Morgan fingerprint density at radius 2 is 1.97 bits per heavy atom. The largest absolute Gasteiger partial charge is 0.488 e. The summed E-state index contributed by atoms with van der Waals surface area (Å²) in [5, 5.41) is 4.13. The molecule has 0 N–H and O–H groups in total. The van der Waals surface area contributed by atoms with E-state index in [0.29, 0.717) is 12.2 Å². The summed E-state index contributed by atoms with van der Waals surface area (Å²) in [7, 11) is 2.05. The Morgan fingerprint density at radius 1 is 1.16 bits per heavy atom. The van der Waals surface area contributed by atoms with E-state index >= 15 is 0 Å². The molecule has 0 radical (unpaired) electrons. The highest BCUT2D eigenvalue weighted by Gasteiger charge is 2.31. The lowest BCUT2D eigenvalue weighted by molar-refractivity contribution is 0.0695. The van der Waals surface area contributed by atoms with Gasteiger partial charge in [0.1, 0.15) is 18.2 Å². The van der Waals surface area contributed by atoms with Crippen LogP contribution in [0, 0.1) is 0 Å². The van der Waals surface area contributed by atoms with Gasteiger partial charge in [0.25, 0.3) is 5.91 Å². The van der Waals surface area contributed by atoms with Crippen LogP contribution in [-0.4, -0.2) is 43.0 Å². The van der Waals surface area contributed by atoms with Gasteiger partial charge in [0.15, 0.2) is 5.69 Å². The molecule has 1 aliphatic heterocycles. The topological polar surface area (TPSA) is 73.1 Å². The molecule has 1 aliphatic rings. The maximum atomic E-state index is 13.3. The van der Waals surface area contributed by atoms with E-state index < -0.39 is 0 Å². The van der Waals surface area contributed by atoms with Crippen molar-refractivity contribution in [3.05, 3.63) is 71.0 Å². The second-order valence-corrected chi connectivity index (χ2v) is 8.59. The number of aryl methyl sites for hydroxylation is 1. The number of likely N-dealkylation sites (tertiary alicyclic amines) is 1. The zero-order chi connectivity index (χ0) is 21.2. The second kappa shape index (κ2) is 8.47. The van der Waals surface area contributed by atoms with Crippen LogP contribution in [0.15, 0.2) is 54.6 Å². The molecule has 31 heavy (non-hydrogen) atoms. The summed E-state index contributed by atoms with van der Waals surface area (Å²) < 4.78 is 12.0. The number of rotatable bonds is 5. The van der Waals surface area contributed by atoms with Gasteiger partial charge in [0.2, 0.25) is 0 Å². The van der Waals surface area contributed by atoms with E-state index in [4.69, 9.17) is 9.72 Å². The Morgan fingerprint density at radius 3 is 2.81 bits per heavy atom. The number of imidazole rings is 1. The molecule has 4 aromatic rings. The van der Waals surface area contributed by atoms with Gasteiger partial charge in [-0.1, -0.05) is 34.8 Å². The molecular weight excluding hydrogens is 410 g/mol. The van der Waals surface area contributed by atoms with Gasteiger partial charge in [0, 0.05) is 26.1 Å². The molecule has 3 heterocycles. The quantitative estimate of drug-likeness (QED) is 0.475. The molecule has 8 heteroatoms. The second-order valence-electron chi connectivity index (χ2n) is 7.75. The lowest BCUT2D eigenvalue weighted by Crippen LogP contribution is -2.40. The van der Waals surface area contributed by atoms with Crippen molar-refractivity contribution in [2.24, 2.45) is 7.05 Å². The van der Waals surface area contributed by atoms with Gasteiger partial charge in [-0.15, -0.1) is 5.10 Å². The molecule has 0 aliphatic carbocycles. The molecule has 1 saturated heterocycles. The van der Waals surface area contributed by atoms with E-state index in [-0.39, 0.29) is 18.4 Å². The van der Waals surface area contributed by atoms with E-state index in [2.05, 4.69) is 27.3 Å².